The van der Waals surface area contributed by atoms with Crippen molar-refractivity contribution < 1.29 is 17.6 Å². The van der Waals surface area contributed by atoms with Gasteiger partial charge in [-0.1, -0.05) is 19.1 Å². The van der Waals surface area contributed by atoms with E-state index in [9.17, 15) is 13.2 Å². The van der Waals surface area contributed by atoms with Crippen LogP contribution in [0, 0.1) is 0 Å². The van der Waals surface area contributed by atoms with Crippen LogP contribution in [-0.4, -0.2) is 31.3 Å². The average molecular weight is 375 g/mol. The van der Waals surface area contributed by atoms with E-state index in [1.165, 1.54) is 5.01 Å². The highest BCUT2D eigenvalue weighted by atomic mass is 32.2. The molecule has 0 radical (unpaired) electrons. The van der Waals surface area contributed by atoms with E-state index in [2.05, 4.69) is 9.82 Å². The minimum atomic E-state index is -3.32. The largest absolute Gasteiger partial charge is 0.467 e. The Bertz CT molecular complexity index is 902. The average Bonchev–Trinajstić information content (AvgIpc) is 3.23. The molecule has 138 valence electrons. The molecule has 1 aromatic carbocycles. The van der Waals surface area contributed by atoms with Crippen molar-refractivity contribution in [2.75, 3.05) is 11.0 Å². The van der Waals surface area contributed by atoms with Gasteiger partial charge in [-0.2, -0.15) is 5.10 Å². The molecule has 0 aliphatic carbocycles. The molecule has 1 aliphatic rings. The van der Waals surface area contributed by atoms with E-state index >= 15 is 0 Å². The Kier molecular flexibility index (Phi) is 5.13. The van der Waals surface area contributed by atoms with Gasteiger partial charge < -0.3 is 4.42 Å². The molecule has 2 heterocycles. The number of furan rings is 1. The van der Waals surface area contributed by atoms with Crippen LogP contribution < -0.4 is 4.72 Å². The Hall–Kier alpha value is -2.61. The lowest BCUT2D eigenvalue weighted by Crippen LogP contribution is -2.26. The van der Waals surface area contributed by atoms with Crippen LogP contribution in [0.4, 0.5) is 5.69 Å². The number of benzene rings is 1. The van der Waals surface area contributed by atoms with Crippen LogP contribution in [0.3, 0.4) is 0 Å². The number of nitrogens with one attached hydrogen (secondary N) is 1. The van der Waals surface area contributed by atoms with Crippen LogP contribution in [-0.2, 0) is 14.8 Å². The fourth-order valence-corrected chi connectivity index (χ4v) is 3.45. The van der Waals surface area contributed by atoms with Crippen molar-refractivity contribution in [3.05, 3.63) is 54.0 Å². The molecule has 0 saturated carbocycles. The van der Waals surface area contributed by atoms with E-state index in [0.717, 1.165) is 24.0 Å². The highest BCUT2D eigenvalue weighted by molar-refractivity contribution is 7.92. The zero-order valence-corrected chi connectivity index (χ0v) is 15.5. The van der Waals surface area contributed by atoms with Gasteiger partial charge in [0.05, 0.1) is 18.2 Å². The monoisotopic (exact) mass is 375 g/mol. The summed E-state index contributed by atoms with van der Waals surface area (Å²) in [5, 5.41) is 6.02. The van der Waals surface area contributed by atoms with Crippen molar-refractivity contribution >= 4 is 27.3 Å². The maximum Gasteiger partial charge on any atom is 0.243 e. The van der Waals surface area contributed by atoms with Crippen LogP contribution in [0.15, 0.2) is 52.2 Å². The van der Waals surface area contributed by atoms with Crippen LogP contribution in [0.5, 0.6) is 0 Å². The van der Waals surface area contributed by atoms with E-state index in [4.69, 9.17) is 4.42 Å². The smallest absolute Gasteiger partial charge is 0.243 e. The molecule has 0 bridgehead atoms. The van der Waals surface area contributed by atoms with Crippen molar-refractivity contribution in [3.8, 4) is 0 Å². The summed E-state index contributed by atoms with van der Waals surface area (Å²) in [6.45, 7) is 1.95. The number of hydrazone groups is 1. The summed E-state index contributed by atoms with van der Waals surface area (Å²) in [7, 11) is -3.32. The predicted molar refractivity (Wildman–Crippen MR) is 99.3 cm³/mol. The Balaban J connectivity index is 1.85. The predicted octanol–water partition coefficient (Wildman–Crippen LogP) is 3.13. The maximum atomic E-state index is 12.4. The molecule has 3 rings (SSSR count). The first-order valence-corrected chi connectivity index (χ1v) is 10.3. The van der Waals surface area contributed by atoms with Gasteiger partial charge in [-0.15, -0.1) is 0 Å². The molecule has 2 aromatic rings. The molecule has 1 atom stereocenters. The number of amides is 1. The molecule has 1 aliphatic heterocycles. The fraction of sp³-hybridized carbons (Fsp3) is 0.333. The summed E-state index contributed by atoms with van der Waals surface area (Å²) >= 11 is 0. The molecule has 7 nitrogen and oxygen atoms in total. The van der Waals surface area contributed by atoms with Crippen LogP contribution in [0.1, 0.15) is 43.6 Å². The molecule has 0 saturated heterocycles. The van der Waals surface area contributed by atoms with Gasteiger partial charge in [0, 0.05) is 18.5 Å². The fourth-order valence-electron chi connectivity index (χ4n) is 2.89. The summed E-state index contributed by atoms with van der Waals surface area (Å²) in [5.41, 5.74) is 2.09. The first kappa shape index (κ1) is 18.2. The third-order valence-corrected chi connectivity index (χ3v) is 4.63. The zero-order valence-electron chi connectivity index (χ0n) is 14.7. The highest BCUT2D eigenvalue weighted by Gasteiger charge is 2.34. The number of carbonyl (C=O) groups excluding carboxylic acids is 1. The van der Waals surface area contributed by atoms with Gasteiger partial charge in [-0.25, -0.2) is 13.4 Å². The minimum Gasteiger partial charge on any atom is -0.467 e. The first-order chi connectivity index (χ1) is 12.4. The summed E-state index contributed by atoms with van der Waals surface area (Å²) < 4.78 is 30.5. The summed E-state index contributed by atoms with van der Waals surface area (Å²) in [5.74, 6) is 0.655. The third-order valence-electron chi connectivity index (χ3n) is 4.02. The standard InChI is InChI=1S/C18H21N3O4S/c1-3-5-18(22)21-16(17-6-4-11-25-17)12-15(19-21)13-7-9-14(10-8-13)20-26(2,23)24/h4,6-11,16,20H,3,5,12H2,1-2H3. The lowest BCUT2D eigenvalue weighted by Gasteiger charge is -2.19. The van der Waals surface area contributed by atoms with Gasteiger partial charge in [0.2, 0.25) is 15.9 Å². The van der Waals surface area contributed by atoms with Crippen molar-refractivity contribution in [3.63, 3.8) is 0 Å². The molecule has 1 amide bonds. The Labute approximate surface area is 152 Å². The van der Waals surface area contributed by atoms with Gasteiger partial charge in [0.15, 0.2) is 0 Å². The number of anilines is 1. The highest BCUT2D eigenvalue weighted by Crippen LogP contribution is 2.33. The Morgan fingerprint density at radius 1 is 1.31 bits per heavy atom. The molecule has 1 aromatic heterocycles. The van der Waals surface area contributed by atoms with Gasteiger partial charge >= 0.3 is 0 Å². The molecular weight excluding hydrogens is 354 g/mol. The van der Waals surface area contributed by atoms with Crippen molar-refractivity contribution in [1.82, 2.24) is 5.01 Å². The number of carbonyl (C=O) groups is 1. The van der Waals surface area contributed by atoms with Crippen LogP contribution >= 0.6 is 0 Å². The van der Waals surface area contributed by atoms with E-state index in [0.29, 0.717) is 24.3 Å². The second-order valence-electron chi connectivity index (χ2n) is 6.22. The summed E-state index contributed by atoms with van der Waals surface area (Å²) in [4.78, 5) is 12.4. The molecular formula is C18H21N3O4S. The Morgan fingerprint density at radius 3 is 2.62 bits per heavy atom. The normalized spacial score (nSPS) is 17.2. The van der Waals surface area contributed by atoms with E-state index in [1.807, 2.05) is 13.0 Å². The number of hydrogen-bond donors (Lipinski definition) is 1. The molecule has 0 spiro atoms. The van der Waals surface area contributed by atoms with Crippen molar-refractivity contribution in [1.29, 1.82) is 0 Å². The topological polar surface area (TPSA) is 92.0 Å². The maximum absolute atomic E-state index is 12.4. The van der Waals surface area contributed by atoms with Crippen LogP contribution in [0.2, 0.25) is 0 Å². The second-order valence-corrected chi connectivity index (χ2v) is 7.97. The van der Waals surface area contributed by atoms with Crippen molar-refractivity contribution in [2.45, 2.75) is 32.2 Å². The van der Waals surface area contributed by atoms with Crippen molar-refractivity contribution in [2.24, 2.45) is 5.10 Å². The lowest BCUT2D eigenvalue weighted by molar-refractivity contribution is -0.133. The molecule has 1 unspecified atom stereocenters. The van der Waals surface area contributed by atoms with Crippen LogP contribution in [0.25, 0.3) is 0 Å². The van der Waals surface area contributed by atoms with Gasteiger partial charge in [0.25, 0.3) is 0 Å². The SMILES string of the molecule is CCCC(=O)N1N=C(c2ccc(NS(C)(=O)=O)cc2)CC1c1ccco1. The number of nitrogens with zero attached hydrogens (tertiary/aromatic N) is 2. The quantitative estimate of drug-likeness (QED) is 0.839. The summed E-state index contributed by atoms with van der Waals surface area (Å²) in [6.07, 6.45) is 4.40. The van der Waals surface area contributed by atoms with E-state index in [1.54, 1.807) is 36.6 Å². The second kappa shape index (κ2) is 7.33. The van der Waals surface area contributed by atoms with E-state index in [-0.39, 0.29) is 11.9 Å². The van der Waals surface area contributed by atoms with Gasteiger partial charge in [-0.05, 0) is 36.2 Å². The summed E-state index contributed by atoms with van der Waals surface area (Å²) in [6, 6.07) is 10.3. The number of hydrogen-bond acceptors (Lipinski definition) is 5. The van der Waals surface area contributed by atoms with Gasteiger partial charge in [-0.3, -0.25) is 9.52 Å². The molecule has 1 N–H and O–H groups in total. The van der Waals surface area contributed by atoms with Gasteiger partial charge in [0.1, 0.15) is 11.8 Å². The zero-order chi connectivity index (χ0) is 18.7. The number of rotatable bonds is 6. The molecule has 0 fully saturated rings. The minimum absolute atomic E-state index is 0.0423. The first-order valence-electron chi connectivity index (χ1n) is 8.38. The lowest BCUT2D eigenvalue weighted by atomic mass is 10.0. The van der Waals surface area contributed by atoms with E-state index < -0.39 is 10.0 Å². The molecule has 26 heavy (non-hydrogen) atoms. The Morgan fingerprint density at radius 2 is 2.04 bits per heavy atom. The third kappa shape index (κ3) is 4.13. The molecule has 8 heteroatoms. The number of sulfonamides is 1.